The zero-order valence-electron chi connectivity index (χ0n) is 23.9. The standard InChI is InChI=1S/C33H32FN5O4/c1-21-16-24(35-2)8-9-28(21)38-14-12-37(13-15-38)18-22-6-7-23(27(34)17-22)20-43-30-5-3-4-25-26(30)19-39(33(25)42)29-10-11-31(40)36-32(29)41/h3-9,16-17,29H,10-15,18-20H2,1H3,(H,36,40,41)/t29-/m0/s1. The van der Waals surface area contributed by atoms with Crippen LogP contribution in [0.4, 0.5) is 15.8 Å². The topological polar surface area (TPSA) is 86.6 Å². The van der Waals surface area contributed by atoms with Crippen LogP contribution in [-0.2, 0) is 29.3 Å². The second kappa shape index (κ2) is 11.9. The van der Waals surface area contributed by atoms with Crippen molar-refractivity contribution in [3.63, 3.8) is 0 Å². The minimum absolute atomic E-state index is 0.000508. The van der Waals surface area contributed by atoms with E-state index in [0.29, 0.717) is 34.7 Å². The van der Waals surface area contributed by atoms with E-state index in [0.717, 1.165) is 43.0 Å². The van der Waals surface area contributed by atoms with E-state index in [-0.39, 0.29) is 43.6 Å². The number of benzene rings is 3. The fourth-order valence-corrected chi connectivity index (χ4v) is 6.12. The molecule has 0 aromatic heterocycles. The molecule has 1 atom stereocenters. The summed E-state index contributed by atoms with van der Waals surface area (Å²) in [5.41, 5.74) is 5.31. The first kappa shape index (κ1) is 28.4. The van der Waals surface area contributed by atoms with E-state index >= 15 is 4.39 Å². The van der Waals surface area contributed by atoms with E-state index in [1.54, 1.807) is 30.3 Å². The van der Waals surface area contributed by atoms with E-state index in [1.807, 2.05) is 31.2 Å². The third kappa shape index (κ3) is 5.81. The van der Waals surface area contributed by atoms with Gasteiger partial charge in [0.1, 0.15) is 24.2 Å². The van der Waals surface area contributed by atoms with E-state index in [1.165, 1.54) is 4.90 Å². The maximum Gasteiger partial charge on any atom is 0.255 e. The van der Waals surface area contributed by atoms with Crippen LogP contribution >= 0.6 is 0 Å². The summed E-state index contributed by atoms with van der Waals surface area (Å²) >= 11 is 0. The average molecular weight is 582 g/mol. The summed E-state index contributed by atoms with van der Waals surface area (Å²) in [6.07, 6.45) is 0.468. The second-order valence-electron chi connectivity index (χ2n) is 11.2. The van der Waals surface area contributed by atoms with Crippen LogP contribution < -0.4 is 15.0 Å². The minimum atomic E-state index is -0.709. The molecule has 0 aliphatic carbocycles. The van der Waals surface area contributed by atoms with Gasteiger partial charge in [0.05, 0.1) is 13.1 Å². The highest BCUT2D eigenvalue weighted by atomic mass is 19.1. The number of hydrogen-bond acceptors (Lipinski definition) is 6. The predicted octanol–water partition coefficient (Wildman–Crippen LogP) is 4.35. The number of carbonyl (C=O) groups excluding carboxylic acids is 3. The molecule has 3 aromatic rings. The average Bonchev–Trinajstić information content (AvgIpc) is 3.33. The van der Waals surface area contributed by atoms with Gasteiger partial charge in [-0.2, -0.15) is 0 Å². The quantitative estimate of drug-likeness (QED) is 0.330. The molecule has 2 fully saturated rings. The van der Waals surface area contributed by atoms with Crippen LogP contribution in [-0.4, -0.2) is 59.7 Å². The molecule has 3 heterocycles. The van der Waals surface area contributed by atoms with Crippen molar-refractivity contribution in [2.24, 2.45) is 0 Å². The van der Waals surface area contributed by atoms with Gasteiger partial charge in [0.25, 0.3) is 5.91 Å². The van der Waals surface area contributed by atoms with Crippen molar-refractivity contribution in [2.45, 2.75) is 45.5 Å². The van der Waals surface area contributed by atoms with Gasteiger partial charge < -0.3 is 14.5 Å². The number of nitrogens with one attached hydrogen (secondary N) is 1. The molecule has 6 rings (SSSR count). The number of fused-ring (bicyclic) bond motifs is 1. The summed E-state index contributed by atoms with van der Waals surface area (Å²) in [6, 6.07) is 15.5. The maximum atomic E-state index is 15.2. The lowest BCUT2D eigenvalue weighted by molar-refractivity contribution is -0.136. The number of imide groups is 1. The van der Waals surface area contributed by atoms with Gasteiger partial charge in [0, 0.05) is 61.5 Å². The Balaban J connectivity index is 1.05. The molecular formula is C33H32FN5O4. The molecule has 3 aliphatic rings. The SMILES string of the molecule is [C-]#[N+]c1ccc(N2CCN(Cc3ccc(COc4cccc5c4CN([C@H]4CCC(=O)NC4=O)C5=O)c(F)c3)CC2)c(C)c1. The van der Waals surface area contributed by atoms with Gasteiger partial charge in [0.15, 0.2) is 5.69 Å². The smallest absolute Gasteiger partial charge is 0.255 e. The van der Waals surface area contributed by atoms with E-state index in [9.17, 15) is 14.4 Å². The third-order valence-electron chi connectivity index (χ3n) is 8.47. The third-order valence-corrected chi connectivity index (χ3v) is 8.47. The van der Waals surface area contributed by atoms with Gasteiger partial charge in [0.2, 0.25) is 11.8 Å². The molecule has 3 aromatic carbocycles. The van der Waals surface area contributed by atoms with Crippen LogP contribution in [0.3, 0.4) is 0 Å². The zero-order chi connectivity index (χ0) is 30.1. The number of anilines is 1. The van der Waals surface area contributed by atoms with Gasteiger partial charge in [-0.05, 0) is 48.7 Å². The summed E-state index contributed by atoms with van der Waals surface area (Å²) in [6.45, 7) is 13.5. The van der Waals surface area contributed by atoms with Crippen molar-refractivity contribution in [2.75, 3.05) is 31.1 Å². The predicted molar refractivity (Wildman–Crippen MR) is 158 cm³/mol. The van der Waals surface area contributed by atoms with Crippen molar-refractivity contribution in [1.29, 1.82) is 0 Å². The molecule has 2 saturated heterocycles. The second-order valence-corrected chi connectivity index (χ2v) is 11.2. The summed E-state index contributed by atoms with van der Waals surface area (Å²) in [4.78, 5) is 46.6. The number of nitrogens with zero attached hydrogens (tertiary/aromatic N) is 4. The number of piperidine rings is 1. The number of hydrogen-bond donors (Lipinski definition) is 1. The normalized spacial score (nSPS) is 18.8. The molecular weight excluding hydrogens is 549 g/mol. The van der Waals surface area contributed by atoms with Gasteiger partial charge in [-0.3, -0.25) is 24.6 Å². The number of rotatable bonds is 7. The highest BCUT2D eigenvalue weighted by Crippen LogP contribution is 2.34. The van der Waals surface area contributed by atoms with Crippen molar-refractivity contribution in [1.82, 2.24) is 15.1 Å². The Labute approximate surface area is 249 Å². The number of amides is 3. The van der Waals surface area contributed by atoms with Crippen LogP contribution in [0.5, 0.6) is 5.75 Å². The molecule has 0 spiro atoms. The van der Waals surface area contributed by atoms with E-state index < -0.39 is 11.9 Å². The molecule has 43 heavy (non-hydrogen) atoms. The molecule has 0 saturated carbocycles. The lowest BCUT2D eigenvalue weighted by Crippen LogP contribution is -2.52. The molecule has 3 amide bonds. The first-order chi connectivity index (χ1) is 20.8. The van der Waals surface area contributed by atoms with Crippen LogP contribution in [0.25, 0.3) is 4.85 Å². The molecule has 0 radical (unpaired) electrons. The number of ether oxygens (including phenoxy) is 1. The fourth-order valence-electron chi connectivity index (χ4n) is 6.12. The van der Waals surface area contributed by atoms with Crippen molar-refractivity contribution >= 4 is 29.1 Å². The Kier molecular flexibility index (Phi) is 7.82. The van der Waals surface area contributed by atoms with Gasteiger partial charge in [-0.15, -0.1) is 0 Å². The number of aryl methyl sites for hydroxylation is 1. The Morgan fingerprint density at radius 3 is 2.58 bits per heavy atom. The molecule has 0 bridgehead atoms. The Bertz CT molecular complexity index is 1640. The highest BCUT2D eigenvalue weighted by Gasteiger charge is 2.40. The Morgan fingerprint density at radius 1 is 1.05 bits per heavy atom. The summed E-state index contributed by atoms with van der Waals surface area (Å²) in [7, 11) is 0. The summed E-state index contributed by atoms with van der Waals surface area (Å²) < 4.78 is 21.2. The fraction of sp³-hybridized carbons (Fsp3) is 0.333. The van der Waals surface area contributed by atoms with Crippen LogP contribution in [0, 0.1) is 19.3 Å². The summed E-state index contributed by atoms with van der Waals surface area (Å²) in [5, 5.41) is 2.31. The van der Waals surface area contributed by atoms with Crippen molar-refractivity contribution in [3.8, 4) is 5.75 Å². The van der Waals surface area contributed by atoms with Crippen LogP contribution in [0.1, 0.15) is 45.5 Å². The molecule has 220 valence electrons. The van der Waals surface area contributed by atoms with E-state index in [2.05, 4.69) is 20.0 Å². The monoisotopic (exact) mass is 581 g/mol. The van der Waals surface area contributed by atoms with Crippen molar-refractivity contribution in [3.05, 3.63) is 99.6 Å². The lowest BCUT2D eigenvalue weighted by Gasteiger charge is -2.37. The first-order valence-corrected chi connectivity index (χ1v) is 14.4. The lowest BCUT2D eigenvalue weighted by atomic mass is 10.0. The maximum absolute atomic E-state index is 15.2. The number of halogens is 1. The largest absolute Gasteiger partial charge is 0.488 e. The van der Waals surface area contributed by atoms with E-state index in [4.69, 9.17) is 11.3 Å². The molecule has 10 heteroatoms. The van der Waals surface area contributed by atoms with Crippen LogP contribution in [0.2, 0.25) is 0 Å². The minimum Gasteiger partial charge on any atom is -0.488 e. The molecule has 9 nitrogen and oxygen atoms in total. The zero-order valence-corrected chi connectivity index (χ0v) is 23.9. The first-order valence-electron chi connectivity index (χ1n) is 14.4. The van der Waals surface area contributed by atoms with Gasteiger partial charge in [-0.25, -0.2) is 9.24 Å². The highest BCUT2D eigenvalue weighted by molar-refractivity contribution is 6.05. The Morgan fingerprint density at radius 2 is 1.86 bits per heavy atom. The number of piperazine rings is 1. The van der Waals surface area contributed by atoms with Crippen molar-refractivity contribution < 1.29 is 23.5 Å². The molecule has 1 N–H and O–H groups in total. The molecule has 3 aliphatic heterocycles. The summed E-state index contributed by atoms with van der Waals surface area (Å²) in [5.74, 6) is -0.951. The number of carbonyl (C=O) groups is 3. The molecule has 0 unspecified atom stereocenters. The van der Waals surface area contributed by atoms with Gasteiger partial charge >= 0.3 is 0 Å². The van der Waals surface area contributed by atoms with Gasteiger partial charge in [-0.1, -0.05) is 30.3 Å². The Hall–Kier alpha value is -4.75. The van der Waals surface area contributed by atoms with Crippen LogP contribution in [0.15, 0.2) is 54.6 Å².